The first-order valence-corrected chi connectivity index (χ1v) is 8.22. The highest BCUT2D eigenvalue weighted by atomic mass is 32.2. The van der Waals surface area contributed by atoms with E-state index in [1.807, 2.05) is 6.92 Å². The average molecular weight is 297 g/mol. The highest BCUT2D eigenvalue weighted by Gasteiger charge is 2.29. The van der Waals surface area contributed by atoms with Gasteiger partial charge in [-0.3, -0.25) is 0 Å². The molecule has 1 heterocycles. The molecule has 1 aliphatic rings. The molecule has 0 aromatic heterocycles. The minimum Gasteiger partial charge on any atom is -0.478 e. The molecule has 2 rings (SSSR count). The highest BCUT2D eigenvalue weighted by Crippen LogP contribution is 2.24. The number of benzene rings is 1. The topological polar surface area (TPSA) is 74.7 Å². The number of carboxylic acids is 1. The van der Waals surface area contributed by atoms with E-state index < -0.39 is 16.0 Å². The van der Waals surface area contributed by atoms with Gasteiger partial charge in [-0.25, -0.2) is 13.2 Å². The Balaban J connectivity index is 2.31. The van der Waals surface area contributed by atoms with Crippen LogP contribution in [0.1, 0.15) is 43.0 Å². The Hall–Kier alpha value is -1.40. The number of hydrogen-bond donors (Lipinski definition) is 1. The molecular formula is C14H19NO4S. The molecule has 1 saturated heterocycles. The minimum atomic E-state index is -3.54. The first-order valence-electron chi connectivity index (χ1n) is 6.78. The van der Waals surface area contributed by atoms with Crippen LogP contribution in [0.25, 0.3) is 0 Å². The summed E-state index contributed by atoms with van der Waals surface area (Å²) in [6.07, 6.45) is 3.84. The second kappa shape index (κ2) is 5.93. The fourth-order valence-electron chi connectivity index (χ4n) is 2.51. The van der Waals surface area contributed by atoms with Gasteiger partial charge < -0.3 is 5.11 Å². The van der Waals surface area contributed by atoms with Gasteiger partial charge in [0.05, 0.1) is 10.5 Å². The molecular weight excluding hydrogens is 278 g/mol. The maximum absolute atomic E-state index is 12.6. The normalized spacial score (nSPS) is 21.4. The summed E-state index contributed by atoms with van der Waals surface area (Å²) in [6.45, 7) is 2.46. The zero-order valence-corrected chi connectivity index (χ0v) is 12.3. The summed E-state index contributed by atoms with van der Waals surface area (Å²) in [6, 6.07) is 5.39. The van der Waals surface area contributed by atoms with Crippen LogP contribution in [-0.2, 0) is 10.0 Å². The molecule has 0 spiro atoms. The number of aromatic carboxylic acids is 1. The lowest BCUT2D eigenvalue weighted by Gasteiger charge is -2.26. The van der Waals surface area contributed by atoms with Crippen molar-refractivity contribution in [1.29, 1.82) is 0 Å². The van der Waals surface area contributed by atoms with E-state index >= 15 is 0 Å². The van der Waals surface area contributed by atoms with Crippen molar-refractivity contribution in [2.45, 2.75) is 43.5 Å². The number of nitrogens with zero attached hydrogens (tertiary/aromatic N) is 1. The quantitative estimate of drug-likeness (QED) is 0.929. The Kier molecular flexibility index (Phi) is 4.45. The van der Waals surface area contributed by atoms with Crippen LogP contribution in [0.4, 0.5) is 0 Å². The largest absolute Gasteiger partial charge is 0.478 e. The van der Waals surface area contributed by atoms with E-state index in [2.05, 4.69) is 0 Å². The summed E-state index contributed by atoms with van der Waals surface area (Å²) in [4.78, 5) is 11.0. The smallest absolute Gasteiger partial charge is 0.335 e. The molecule has 0 aliphatic carbocycles. The average Bonchev–Trinajstić information content (AvgIpc) is 2.64. The predicted molar refractivity (Wildman–Crippen MR) is 75.2 cm³/mol. The number of rotatable bonds is 3. The summed E-state index contributed by atoms with van der Waals surface area (Å²) < 4.78 is 26.8. The van der Waals surface area contributed by atoms with E-state index in [1.165, 1.54) is 28.6 Å². The standard InChI is InChI=1S/C14H19NO4S/c1-11-5-3-2-4-10-15(11)20(18,19)13-8-6-12(7-9-13)14(16)17/h6-9,11H,2-5,10H2,1H3,(H,16,17). The van der Waals surface area contributed by atoms with E-state index in [4.69, 9.17) is 5.11 Å². The maximum atomic E-state index is 12.6. The van der Waals surface area contributed by atoms with Crippen molar-refractivity contribution < 1.29 is 18.3 Å². The number of hydrogen-bond acceptors (Lipinski definition) is 3. The zero-order valence-electron chi connectivity index (χ0n) is 11.4. The van der Waals surface area contributed by atoms with E-state index in [9.17, 15) is 13.2 Å². The van der Waals surface area contributed by atoms with Crippen LogP contribution in [0.3, 0.4) is 0 Å². The van der Waals surface area contributed by atoms with Gasteiger partial charge >= 0.3 is 5.97 Å². The summed E-state index contributed by atoms with van der Waals surface area (Å²) in [5.41, 5.74) is 0.0906. The fourth-order valence-corrected chi connectivity index (χ4v) is 4.21. The van der Waals surface area contributed by atoms with Crippen molar-refractivity contribution >= 4 is 16.0 Å². The van der Waals surface area contributed by atoms with Crippen LogP contribution in [0, 0.1) is 0 Å². The Morgan fingerprint density at radius 3 is 2.45 bits per heavy atom. The van der Waals surface area contributed by atoms with E-state index in [-0.39, 0.29) is 16.5 Å². The number of carboxylic acid groups (broad SMARTS) is 1. The van der Waals surface area contributed by atoms with Gasteiger partial charge in [0.15, 0.2) is 0 Å². The van der Waals surface area contributed by atoms with Crippen molar-refractivity contribution in [1.82, 2.24) is 4.31 Å². The molecule has 1 unspecified atom stereocenters. The predicted octanol–water partition coefficient (Wildman–Crippen LogP) is 2.34. The van der Waals surface area contributed by atoms with Crippen LogP contribution in [-0.4, -0.2) is 36.4 Å². The summed E-state index contributed by atoms with van der Waals surface area (Å²) >= 11 is 0. The summed E-state index contributed by atoms with van der Waals surface area (Å²) in [5.74, 6) is -1.06. The fraction of sp³-hybridized carbons (Fsp3) is 0.500. The second-order valence-corrected chi connectivity index (χ2v) is 7.03. The lowest BCUT2D eigenvalue weighted by molar-refractivity contribution is 0.0696. The molecule has 1 atom stereocenters. The van der Waals surface area contributed by atoms with Gasteiger partial charge in [-0.05, 0) is 44.0 Å². The molecule has 0 amide bonds. The molecule has 5 nitrogen and oxygen atoms in total. The van der Waals surface area contributed by atoms with E-state index in [0.717, 1.165) is 25.7 Å². The van der Waals surface area contributed by atoms with Gasteiger partial charge in [0.25, 0.3) is 0 Å². The minimum absolute atomic E-state index is 0.0124. The number of sulfonamides is 1. The molecule has 1 N–H and O–H groups in total. The highest BCUT2D eigenvalue weighted by molar-refractivity contribution is 7.89. The van der Waals surface area contributed by atoms with Crippen LogP contribution < -0.4 is 0 Å². The molecule has 1 fully saturated rings. The Morgan fingerprint density at radius 1 is 1.20 bits per heavy atom. The van der Waals surface area contributed by atoms with Crippen molar-refractivity contribution in [2.75, 3.05) is 6.54 Å². The van der Waals surface area contributed by atoms with Crippen LogP contribution in [0.5, 0.6) is 0 Å². The van der Waals surface area contributed by atoms with E-state index in [1.54, 1.807) is 0 Å². The van der Waals surface area contributed by atoms with Gasteiger partial charge in [0, 0.05) is 12.6 Å². The Bertz CT molecular complexity index is 580. The van der Waals surface area contributed by atoms with Gasteiger partial charge in [-0.15, -0.1) is 0 Å². The van der Waals surface area contributed by atoms with Crippen LogP contribution in [0.2, 0.25) is 0 Å². The monoisotopic (exact) mass is 297 g/mol. The van der Waals surface area contributed by atoms with Gasteiger partial charge in [-0.1, -0.05) is 12.8 Å². The SMILES string of the molecule is CC1CCCCCN1S(=O)(=O)c1ccc(C(=O)O)cc1. The van der Waals surface area contributed by atoms with Gasteiger partial charge in [0.1, 0.15) is 0 Å². The second-order valence-electron chi connectivity index (χ2n) is 5.14. The molecule has 1 aliphatic heterocycles. The molecule has 1 aromatic carbocycles. The number of carbonyl (C=O) groups is 1. The van der Waals surface area contributed by atoms with Crippen molar-refractivity contribution in [3.05, 3.63) is 29.8 Å². The first kappa shape index (κ1) is 15.0. The zero-order chi connectivity index (χ0) is 14.8. The third-order valence-electron chi connectivity index (χ3n) is 3.70. The Morgan fingerprint density at radius 2 is 1.85 bits per heavy atom. The van der Waals surface area contributed by atoms with Crippen molar-refractivity contribution in [3.63, 3.8) is 0 Å². The maximum Gasteiger partial charge on any atom is 0.335 e. The molecule has 110 valence electrons. The molecule has 1 aromatic rings. The molecule has 0 radical (unpaired) electrons. The third kappa shape index (κ3) is 3.02. The molecule has 6 heteroatoms. The molecule has 20 heavy (non-hydrogen) atoms. The van der Waals surface area contributed by atoms with E-state index in [0.29, 0.717) is 6.54 Å². The van der Waals surface area contributed by atoms with Gasteiger partial charge in [0.2, 0.25) is 10.0 Å². The van der Waals surface area contributed by atoms with Crippen LogP contribution in [0.15, 0.2) is 29.2 Å². The third-order valence-corrected chi connectivity index (χ3v) is 5.73. The van der Waals surface area contributed by atoms with Gasteiger partial charge in [-0.2, -0.15) is 4.31 Å². The Labute approximate surface area is 119 Å². The van der Waals surface area contributed by atoms with Crippen molar-refractivity contribution in [3.8, 4) is 0 Å². The molecule has 0 saturated carbocycles. The summed E-state index contributed by atoms with van der Waals surface area (Å²) in [7, 11) is -3.54. The van der Waals surface area contributed by atoms with Crippen molar-refractivity contribution in [2.24, 2.45) is 0 Å². The lowest BCUT2D eigenvalue weighted by atomic mass is 10.1. The molecule has 0 bridgehead atoms. The summed E-state index contributed by atoms with van der Waals surface area (Å²) in [5, 5.41) is 8.85. The lowest BCUT2D eigenvalue weighted by Crippen LogP contribution is -2.38. The van der Waals surface area contributed by atoms with Crippen LogP contribution >= 0.6 is 0 Å². The first-order chi connectivity index (χ1) is 9.43.